The molecule has 132 valence electrons. The third-order valence-corrected chi connectivity index (χ3v) is 4.18. The average Bonchev–Trinajstić information content (AvgIpc) is 3.19. The average molecular weight is 343 g/mol. The Kier molecular flexibility index (Phi) is 4.69. The van der Waals surface area contributed by atoms with E-state index in [9.17, 15) is 9.59 Å². The first-order valence-electron chi connectivity index (χ1n) is 8.27. The molecular weight excluding hydrogens is 322 g/mol. The minimum atomic E-state index is -0.477. The molecule has 3 rings (SSSR count). The highest BCUT2D eigenvalue weighted by Crippen LogP contribution is 2.16. The van der Waals surface area contributed by atoms with Crippen LogP contribution in [-0.2, 0) is 24.4 Å². The van der Waals surface area contributed by atoms with Crippen LogP contribution in [0.3, 0.4) is 0 Å². The summed E-state index contributed by atoms with van der Waals surface area (Å²) in [5.74, 6) is -0.477. The third kappa shape index (κ3) is 2.95. The number of methoxy groups -OCH3 is 1. The summed E-state index contributed by atoms with van der Waals surface area (Å²) in [5.41, 5.74) is 2.28. The van der Waals surface area contributed by atoms with Crippen LogP contribution in [0.4, 0.5) is 0 Å². The van der Waals surface area contributed by atoms with Crippen molar-refractivity contribution in [2.75, 3.05) is 7.11 Å². The van der Waals surface area contributed by atoms with Crippen LogP contribution in [0.5, 0.6) is 0 Å². The number of pyridine rings is 1. The smallest absolute Gasteiger partial charge is 0.339 e. The van der Waals surface area contributed by atoms with Crippen molar-refractivity contribution in [1.29, 1.82) is 0 Å². The molecule has 3 heterocycles. The molecule has 0 aliphatic carbocycles. The fourth-order valence-electron chi connectivity index (χ4n) is 2.93. The summed E-state index contributed by atoms with van der Waals surface area (Å²) in [6.07, 6.45) is 5.74. The molecule has 0 spiro atoms. The van der Waals surface area contributed by atoms with Gasteiger partial charge in [0.15, 0.2) is 5.65 Å². The fraction of sp³-hybridized carbons (Fsp3) is 0.412. The topological polar surface area (TPSA) is 83.9 Å². The lowest BCUT2D eigenvalue weighted by molar-refractivity contribution is 0.0600. The fourth-order valence-corrected chi connectivity index (χ4v) is 2.93. The Labute approximate surface area is 144 Å². The van der Waals surface area contributed by atoms with E-state index < -0.39 is 5.97 Å². The van der Waals surface area contributed by atoms with Crippen LogP contribution in [0.1, 0.15) is 36.3 Å². The van der Waals surface area contributed by atoms with E-state index in [1.165, 1.54) is 13.3 Å². The minimum absolute atomic E-state index is 0.143. The van der Waals surface area contributed by atoms with E-state index in [-0.39, 0.29) is 5.69 Å². The lowest BCUT2D eigenvalue weighted by Crippen LogP contribution is -2.25. The van der Waals surface area contributed by atoms with Crippen molar-refractivity contribution in [1.82, 2.24) is 23.7 Å². The van der Waals surface area contributed by atoms with Gasteiger partial charge in [-0.25, -0.2) is 19.6 Å². The molecule has 0 fully saturated rings. The van der Waals surface area contributed by atoms with Gasteiger partial charge in [-0.1, -0.05) is 6.92 Å². The maximum absolute atomic E-state index is 12.9. The Hall–Kier alpha value is -2.90. The molecule has 8 heteroatoms. The van der Waals surface area contributed by atoms with Crippen molar-refractivity contribution in [2.45, 2.75) is 39.9 Å². The predicted molar refractivity (Wildman–Crippen MR) is 92.6 cm³/mol. The Balaban J connectivity index is 2.19. The van der Waals surface area contributed by atoms with Crippen molar-refractivity contribution in [3.63, 3.8) is 0 Å². The summed E-state index contributed by atoms with van der Waals surface area (Å²) in [6.45, 7) is 5.73. The van der Waals surface area contributed by atoms with Crippen LogP contribution in [0.25, 0.3) is 11.2 Å². The molecule has 0 bridgehead atoms. The summed E-state index contributed by atoms with van der Waals surface area (Å²) >= 11 is 0. The van der Waals surface area contributed by atoms with E-state index in [0.29, 0.717) is 29.8 Å². The standard InChI is InChI=1S/C17H21N5O3/c1-4-6-21-15-14(7-12(8-19-15)16(23)25-3)22(17(21)24)10-13-9-18-11-20(13)5-2/h7-9,11H,4-6,10H2,1-3H3. The lowest BCUT2D eigenvalue weighted by atomic mass is 10.2. The van der Waals surface area contributed by atoms with E-state index in [0.717, 1.165) is 18.7 Å². The van der Waals surface area contributed by atoms with Gasteiger partial charge >= 0.3 is 11.7 Å². The summed E-state index contributed by atoms with van der Waals surface area (Å²) in [5, 5.41) is 0. The van der Waals surface area contributed by atoms with Crippen molar-refractivity contribution < 1.29 is 9.53 Å². The number of esters is 1. The summed E-state index contributed by atoms with van der Waals surface area (Å²) in [4.78, 5) is 33.2. The number of carbonyl (C=O) groups is 1. The van der Waals surface area contributed by atoms with Crippen LogP contribution in [0.2, 0.25) is 0 Å². The molecule has 0 aromatic carbocycles. The zero-order chi connectivity index (χ0) is 18.0. The molecule has 3 aromatic rings. The quantitative estimate of drug-likeness (QED) is 0.636. The molecule has 0 atom stereocenters. The van der Waals surface area contributed by atoms with Crippen LogP contribution < -0.4 is 5.69 Å². The molecular formula is C17H21N5O3. The zero-order valence-electron chi connectivity index (χ0n) is 14.6. The molecule has 25 heavy (non-hydrogen) atoms. The molecule has 0 N–H and O–H groups in total. The van der Waals surface area contributed by atoms with Crippen molar-refractivity contribution >= 4 is 17.1 Å². The second-order valence-electron chi connectivity index (χ2n) is 5.75. The first kappa shape index (κ1) is 16.9. The largest absolute Gasteiger partial charge is 0.465 e. The first-order chi connectivity index (χ1) is 12.1. The number of ether oxygens (including phenoxy) is 1. The van der Waals surface area contributed by atoms with Crippen molar-refractivity contribution in [3.8, 4) is 0 Å². The molecule has 3 aromatic heterocycles. The lowest BCUT2D eigenvalue weighted by Gasteiger charge is -2.06. The minimum Gasteiger partial charge on any atom is -0.465 e. The van der Waals surface area contributed by atoms with Gasteiger partial charge in [0, 0.05) is 25.5 Å². The zero-order valence-corrected chi connectivity index (χ0v) is 14.6. The second-order valence-corrected chi connectivity index (χ2v) is 5.75. The summed E-state index contributed by atoms with van der Waals surface area (Å²) in [6, 6.07) is 1.66. The second kappa shape index (κ2) is 6.92. The van der Waals surface area contributed by atoms with Gasteiger partial charge in [-0.15, -0.1) is 0 Å². The Morgan fingerprint density at radius 2 is 2.04 bits per heavy atom. The maximum atomic E-state index is 12.9. The number of carbonyl (C=O) groups excluding carboxylic acids is 1. The Morgan fingerprint density at radius 1 is 1.24 bits per heavy atom. The number of nitrogens with zero attached hydrogens (tertiary/aromatic N) is 5. The monoisotopic (exact) mass is 343 g/mol. The van der Waals surface area contributed by atoms with Crippen LogP contribution >= 0.6 is 0 Å². The van der Waals surface area contributed by atoms with Crippen molar-refractivity contribution in [3.05, 3.63) is 46.5 Å². The van der Waals surface area contributed by atoms with Gasteiger partial charge in [0.1, 0.15) is 0 Å². The van der Waals surface area contributed by atoms with Crippen LogP contribution in [0, 0.1) is 0 Å². The highest BCUT2D eigenvalue weighted by atomic mass is 16.5. The molecule has 0 aliphatic rings. The first-order valence-corrected chi connectivity index (χ1v) is 8.27. The SMILES string of the molecule is CCCn1c(=O)n(Cc2cncn2CC)c2cc(C(=O)OC)cnc21. The van der Waals surface area contributed by atoms with Gasteiger partial charge in [-0.2, -0.15) is 0 Å². The summed E-state index contributed by atoms with van der Waals surface area (Å²) < 4.78 is 10.0. The van der Waals surface area contributed by atoms with Gasteiger partial charge in [0.2, 0.25) is 0 Å². The van der Waals surface area contributed by atoms with Gasteiger partial charge < -0.3 is 9.30 Å². The van der Waals surface area contributed by atoms with E-state index >= 15 is 0 Å². The van der Waals surface area contributed by atoms with Gasteiger partial charge in [0.05, 0.1) is 36.8 Å². The van der Waals surface area contributed by atoms with Gasteiger partial charge in [-0.05, 0) is 19.4 Å². The summed E-state index contributed by atoms with van der Waals surface area (Å²) in [7, 11) is 1.32. The molecule has 0 saturated carbocycles. The van der Waals surface area contributed by atoms with E-state index in [1.54, 1.807) is 27.7 Å². The molecule has 8 nitrogen and oxygen atoms in total. The van der Waals surface area contributed by atoms with Gasteiger partial charge in [0.25, 0.3) is 0 Å². The van der Waals surface area contributed by atoms with E-state index in [1.807, 2.05) is 18.4 Å². The predicted octanol–water partition coefficient (Wildman–Crippen LogP) is 1.66. The molecule has 0 amide bonds. The molecule has 0 saturated heterocycles. The van der Waals surface area contributed by atoms with Crippen LogP contribution in [-0.4, -0.2) is 36.7 Å². The van der Waals surface area contributed by atoms with E-state index in [4.69, 9.17) is 4.74 Å². The number of hydrogen-bond donors (Lipinski definition) is 0. The Morgan fingerprint density at radius 3 is 2.72 bits per heavy atom. The number of aryl methyl sites for hydroxylation is 2. The number of hydrogen-bond acceptors (Lipinski definition) is 5. The van der Waals surface area contributed by atoms with Crippen LogP contribution in [0.15, 0.2) is 29.6 Å². The third-order valence-electron chi connectivity index (χ3n) is 4.18. The Bertz CT molecular complexity index is 966. The van der Waals surface area contributed by atoms with Gasteiger partial charge in [-0.3, -0.25) is 9.13 Å². The van der Waals surface area contributed by atoms with Crippen molar-refractivity contribution in [2.24, 2.45) is 0 Å². The molecule has 0 aliphatic heterocycles. The number of aromatic nitrogens is 5. The number of fused-ring (bicyclic) bond motifs is 1. The highest BCUT2D eigenvalue weighted by Gasteiger charge is 2.18. The molecule has 0 radical (unpaired) electrons. The normalized spacial score (nSPS) is 11.2. The molecule has 0 unspecified atom stereocenters. The number of imidazole rings is 2. The number of rotatable bonds is 6. The maximum Gasteiger partial charge on any atom is 0.339 e. The van der Waals surface area contributed by atoms with E-state index in [2.05, 4.69) is 9.97 Å². The highest BCUT2D eigenvalue weighted by molar-refractivity contribution is 5.92.